The summed E-state index contributed by atoms with van der Waals surface area (Å²) >= 11 is 0. The SMILES string of the molecule is CCCCCC[C@H]1c2c(ccc(OC)c2OC)C=C2c3cc4c(cc3CCN21)OCCO4. The molecule has 32 heavy (non-hydrogen) atoms. The first-order valence-electron chi connectivity index (χ1n) is 11.9. The van der Waals surface area contributed by atoms with Crippen LogP contribution in [0.2, 0.25) is 0 Å². The van der Waals surface area contributed by atoms with Crippen molar-refractivity contribution < 1.29 is 18.9 Å². The zero-order valence-electron chi connectivity index (χ0n) is 19.4. The van der Waals surface area contributed by atoms with Crippen molar-refractivity contribution in [2.24, 2.45) is 0 Å². The van der Waals surface area contributed by atoms with Crippen molar-refractivity contribution in [3.05, 3.63) is 46.5 Å². The fraction of sp³-hybridized carbons (Fsp3) is 0.481. The highest BCUT2D eigenvalue weighted by molar-refractivity contribution is 5.88. The molecule has 1 atom stereocenters. The van der Waals surface area contributed by atoms with Crippen LogP contribution in [0.25, 0.3) is 11.8 Å². The molecule has 0 unspecified atom stereocenters. The molecular formula is C27H33NO4. The molecule has 5 nitrogen and oxygen atoms in total. The van der Waals surface area contributed by atoms with E-state index in [-0.39, 0.29) is 6.04 Å². The quantitative estimate of drug-likeness (QED) is 0.510. The van der Waals surface area contributed by atoms with Gasteiger partial charge in [0.2, 0.25) is 0 Å². The summed E-state index contributed by atoms with van der Waals surface area (Å²) in [7, 11) is 3.47. The van der Waals surface area contributed by atoms with Crippen LogP contribution in [0.4, 0.5) is 0 Å². The second-order valence-corrected chi connectivity index (χ2v) is 8.80. The van der Waals surface area contributed by atoms with E-state index in [1.54, 1.807) is 14.2 Å². The summed E-state index contributed by atoms with van der Waals surface area (Å²) in [5.41, 5.74) is 6.36. The predicted octanol–water partition coefficient (Wildman–Crippen LogP) is 5.86. The molecule has 0 aromatic heterocycles. The van der Waals surface area contributed by atoms with Crippen molar-refractivity contribution in [1.29, 1.82) is 0 Å². The normalized spacial score (nSPS) is 18.3. The first-order valence-corrected chi connectivity index (χ1v) is 11.9. The molecule has 170 valence electrons. The predicted molar refractivity (Wildman–Crippen MR) is 127 cm³/mol. The number of hydrogen-bond donors (Lipinski definition) is 0. The highest BCUT2D eigenvalue weighted by Crippen LogP contribution is 2.50. The van der Waals surface area contributed by atoms with Gasteiger partial charge in [0, 0.05) is 23.4 Å². The number of unbranched alkanes of at least 4 members (excludes halogenated alkanes) is 3. The Hall–Kier alpha value is -2.82. The largest absolute Gasteiger partial charge is 0.493 e. The smallest absolute Gasteiger partial charge is 0.166 e. The van der Waals surface area contributed by atoms with E-state index >= 15 is 0 Å². The van der Waals surface area contributed by atoms with E-state index < -0.39 is 0 Å². The molecule has 0 saturated carbocycles. The number of methoxy groups -OCH3 is 2. The number of benzene rings is 2. The van der Waals surface area contributed by atoms with Gasteiger partial charge in [0.25, 0.3) is 0 Å². The van der Waals surface area contributed by atoms with Crippen molar-refractivity contribution in [2.45, 2.75) is 51.5 Å². The van der Waals surface area contributed by atoms with Crippen LogP contribution in [0.5, 0.6) is 23.0 Å². The molecule has 3 aliphatic rings. The van der Waals surface area contributed by atoms with Crippen LogP contribution in [-0.2, 0) is 6.42 Å². The van der Waals surface area contributed by atoms with E-state index in [1.165, 1.54) is 53.6 Å². The van der Waals surface area contributed by atoms with E-state index in [2.05, 4.69) is 36.1 Å². The second-order valence-electron chi connectivity index (χ2n) is 8.80. The van der Waals surface area contributed by atoms with Gasteiger partial charge in [0.15, 0.2) is 23.0 Å². The van der Waals surface area contributed by atoms with Crippen LogP contribution in [0.3, 0.4) is 0 Å². The molecule has 2 aromatic rings. The maximum atomic E-state index is 5.92. The molecule has 0 aliphatic carbocycles. The Morgan fingerprint density at radius 3 is 2.56 bits per heavy atom. The summed E-state index contributed by atoms with van der Waals surface area (Å²) in [6, 6.07) is 8.83. The minimum Gasteiger partial charge on any atom is -0.493 e. The summed E-state index contributed by atoms with van der Waals surface area (Å²) in [4.78, 5) is 2.58. The lowest BCUT2D eigenvalue weighted by atomic mass is 9.84. The fourth-order valence-electron chi connectivity index (χ4n) is 5.38. The van der Waals surface area contributed by atoms with Crippen molar-refractivity contribution >= 4 is 11.8 Å². The van der Waals surface area contributed by atoms with Crippen molar-refractivity contribution in [3.63, 3.8) is 0 Å². The Morgan fingerprint density at radius 2 is 1.81 bits per heavy atom. The molecule has 3 aliphatic heterocycles. The van der Waals surface area contributed by atoms with Crippen LogP contribution in [-0.4, -0.2) is 38.9 Å². The van der Waals surface area contributed by atoms with Gasteiger partial charge in [-0.15, -0.1) is 0 Å². The summed E-state index contributed by atoms with van der Waals surface area (Å²) in [5, 5.41) is 0. The number of rotatable bonds is 7. The molecule has 3 heterocycles. The zero-order valence-corrected chi connectivity index (χ0v) is 19.4. The highest BCUT2D eigenvalue weighted by atomic mass is 16.6. The molecule has 0 N–H and O–H groups in total. The van der Waals surface area contributed by atoms with Crippen molar-refractivity contribution in [1.82, 2.24) is 4.90 Å². The zero-order chi connectivity index (χ0) is 22.1. The lowest BCUT2D eigenvalue weighted by Crippen LogP contribution is -2.36. The maximum Gasteiger partial charge on any atom is 0.166 e. The van der Waals surface area contributed by atoms with Gasteiger partial charge in [0.1, 0.15) is 13.2 Å². The average molecular weight is 436 g/mol. The van der Waals surface area contributed by atoms with Crippen LogP contribution < -0.4 is 18.9 Å². The van der Waals surface area contributed by atoms with E-state index in [4.69, 9.17) is 18.9 Å². The van der Waals surface area contributed by atoms with E-state index in [0.717, 1.165) is 42.4 Å². The van der Waals surface area contributed by atoms with E-state index in [1.807, 2.05) is 6.07 Å². The van der Waals surface area contributed by atoms with Crippen molar-refractivity contribution in [2.75, 3.05) is 34.0 Å². The lowest BCUT2D eigenvalue weighted by molar-refractivity contribution is 0.171. The molecule has 0 saturated heterocycles. The fourth-order valence-corrected chi connectivity index (χ4v) is 5.38. The molecule has 0 fully saturated rings. The number of ether oxygens (including phenoxy) is 4. The van der Waals surface area contributed by atoms with Crippen LogP contribution in [0.15, 0.2) is 24.3 Å². The van der Waals surface area contributed by atoms with Crippen LogP contribution in [0.1, 0.15) is 67.3 Å². The monoisotopic (exact) mass is 435 g/mol. The van der Waals surface area contributed by atoms with Gasteiger partial charge in [-0.2, -0.15) is 0 Å². The highest BCUT2D eigenvalue weighted by Gasteiger charge is 2.36. The van der Waals surface area contributed by atoms with Crippen molar-refractivity contribution in [3.8, 4) is 23.0 Å². The minimum atomic E-state index is 0.272. The molecule has 5 heteroatoms. The summed E-state index contributed by atoms with van der Waals surface area (Å²) in [5.74, 6) is 3.41. The maximum absolute atomic E-state index is 5.92. The third-order valence-electron chi connectivity index (χ3n) is 6.93. The van der Waals surface area contributed by atoms with Gasteiger partial charge >= 0.3 is 0 Å². The third-order valence-corrected chi connectivity index (χ3v) is 6.93. The van der Waals surface area contributed by atoms with E-state index in [0.29, 0.717) is 13.2 Å². The Bertz CT molecular complexity index is 1030. The second kappa shape index (κ2) is 8.97. The van der Waals surface area contributed by atoms with Gasteiger partial charge < -0.3 is 23.8 Å². The number of nitrogens with zero attached hydrogens (tertiary/aromatic N) is 1. The summed E-state index contributed by atoms with van der Waals surface area (Å²) < 4.78 is 23.3. The van der Waals surface area contributed by atoms with Gasteiger partial charge in [-0.25, -0.2) is 0 Å². The van der Waals surface area contributed by atoms with Gasteiger partial charge in [-0.05, 0) is 48.2 Å². The molecule has 0 radical (unpaired) electrons. The van der Waals surface area contributed by atoms with Crippen LogP contribution in [0, 0.1) is 0 Å². The standard InChI is InChI=1S/C27H33NO4/c1-4-5-6-7-8-21-26-19(9-10-23(29-2)27(26)30-3)15-22-20-17-25-24(31-13-14-32-25)16-18(20)11-12-28(21)22/h9-10,15-17,21H,4-8,11-14H2,1-3H3/t21-/m0/s1. The molecule has 0 amide bonds. The molecule has 5 rings (SSSR count). The first kappa shape index (κ1) is 21.0. The third kappa shape index (κ3) is 3.58. The Morgan fingerprint density at radius 1 is 1.00 bits per heavy atom. The Kier molecular flexibility index (Phi) is 5.90. The molecule has 0 spiro atoms. The van der Waals surface area contributed by atoms with Gasteiger partial charge in [-0.3, -0.25) is 0 Å². The number of hydrogen-bond acceptors (Lipinski definition) is 5. The lowest BCUT2D eigenvalue weighted by Gasteiger charge is -2.44. The Balaban J connectivity index is 1.61. The topological polar surface area (TPSA) is 40.2 Å². The summed E-state index contributed by atoms with van der Waals surface area (Å²) in [6.07, 6.45) is 9.41. The van der Waals surface area contributed by atoms with Crippen LogP contribution >= 0.6 is 0 Å². The van der Waals surface area contributed by atoms with Gasteiger partial charge in [0.05, 0.1) is 20.3 Å². The molecule has 2 aromatic carbocycles. The number of fused-ring (bicyclic) bond motifs is 5. The van der Waals surface area contributed by atoms with E-state index in [9.17, 15) is 0 Å². The Labute approximate surface area is 190 Å². The summed E-state index contributed by atoms with van der Waals surface area (Å²) in [6.45, 7) is 4.47. The first-order chi connectivity index (χ1) is 15.7. The minimum absolute atomic E-state index is 0.272. The molecular weight excluding hydrogens is 402 g/mol. The average Bonchev–Trinajstić information content (AvgIpc) is 2.84. The molecule has 0 bridgehead atoms. The van der Waals surface area contributed by atoms with Gasteiger partial charge in [-0.1, -0.05) is 38.7 Å².